The van der Waals surface area contributed by atoms with Crippen LogP contribution >= 0.6 is 11.3 Å². The van der Waals surface area contributed by atoms with Gasteiger partial charge in [0.05, 0.1) is 5.01 Å². The lowest BCUT2D eigenvalue weighted by atomic mass is 10.4. The molecule has 4 N–H and O–H groups in total. The van der Waals surface area contributed by atoms with Gasteiger partial charge in [0.25, 0.3) is 5.91 Å². The van der Waals surface area contributed by atoms with Gasteiger partial charge in [-0.3, -0.25) is 4.79 Å². The maximum Gasteiger partial charge on any atom is 0.268 e. The fraction of sp³-hybridized carbons (Fsp3) is 0.333. The summed E-state index contributed by atoms with van der Waals surface area (Å²) in [5, 5.41) is 2.51. The van der Waals surface area contributed by atoms with Crippen LogP contribution in [0.25, 0.3) is 0 Å². The van der Waals surface area contributed by atoms with Crippen LogP contribution in [-0.4, -0.2) is 17.4 Å². The Balaban J connectivity index is 2.73. The molecule has 0 atom stereocenters. The number of nitrogens with zero attached hydrogens (tertiary/aromatic N) is 1. The van der Waals surface area contributed by atoms with Gasteiger partial charge in [-0.15, -0.1) is 11.3 Å². The van der Waals surface area contributed by atoms with Gasteiger partial charge in [-0.05, 0) is 6.54 Å². The summed E-state index contributed by atoms with van der Waals surface area (Å²) in [7, 11) is 0. The summed E-state index contributed by atoms with van der Waals surface area (Å²) < 4.78 is 0. The quantitative estimate of drug-likeness (QED) is 0.657. The molecule has 0 aliphatic rings. The average Bonchev–Trinajstić information content (AvgIpc) is 2.37. The molecule has 0 saturated carbocycles. The lowest BCUT2D eigenvalue weighted by Gasteiger charge is -1.87. The molecule has 4 nitrogen and oxygen atoms in total. The van der Waals surface area contributed by atoms with Gasteiger partial charge in [-0.2, -0.15) is 0 Å². The zero-order valence-electron chi connectivity index (χ0n) is 5.91. The van der Waals surface area contributed by atoms with E-state index in [0.29, 0.717) is 18.7 Å². The average molecular weight is 171 g/mol. The van der Waals surface area contributed by atoms with Gasteiger partial charge in [-0.25, -0.2) is 4.98 Å². The van der Waals surface area contributed by atoms with E-state index in [1.807, 2.05) is 0 Å². The summed E-state index contributed by atoms with van der Waals surface area (Å²) in [6, 6.07) is 0. The predicted molar refractivity (Wildman–Crippen MR) is 43.4 cm³/mol. The molecule has 1 aromatic heterocycles. The van der Waals surface area contributed by atoms with Crippen LogP contribution in [0.1, 0.15) is 15.5 Å². The third-order valence-electron chi connectivity index (χ3n) is 1.16. The molecule has 1 amide bonds. The molecule has 1 heterocycles. The first kappa shape index (κ1) is 8.16. The molecule has 1 rings (SSSR count). The summed E-state index contributed by atoms with van der Waals surface area (Å²) in [5.41, 5.74) is 10.6. The van der Waals surface area contributed by atoms with Crippen molar-refractivity contribution in [3.63, 3.8) is 0 Å². The number of hydrogen-bond donors (Lipinski definition) is 2. The molecule has 0 aliphatic carbocycles. The molecule has 0 radical (unpaired) electrons. The highest BCUT2D eigenvalue weighted by molar-refractivity contribution is 7.09. The Hall–Kier alpha value is -0.940. The van der Waals surface area contributed by atoms with E-state index in [-0.39, 0.29) is 0 Å². The van der Waals surface area contributed by atoms with E-state index < -0.39 is 5.91 Å². The molecule has 5 heteroatoms. The molecular weight excluding hydrogens is 162 g/mol. The van der Waals surface area contributed by atoms with Crippen molar-refractivity contribution in [2.75, 3.05) is 6.54 Å². The first-order valence-electron chi connectivity index (χ1n) is 3.18. The van der Waals surface area contributed by atoms with Crippen LogP contribution in [-0.2, 0) is 6.42 Å². The van der Waals surface area contributed by atoms with Crippen LogP contribution in [0.4, 0.5) is 0 Å². The van der Waals surface area contributed by atoms with E-state index in [1.165, 1.54) is 11.3 Å². The van der Waals surface area contributed by atoms with Gasteiger partial charge in [0.15, 0.2) is 0 Å². The predicted octanol–water partition coefficient (Wildman–Crippen LogP) is -0.257. The van der Waals surface area contributed by atoms with E-state index >= 15 is 0 Å². The van der Waals surface area contributed by atoms with Crippen LogP contribution in [0.15, 0.2) is 5.38 Å². The van der Waals surface area contributed by atoms with Crippen molar-refractivity contribution in [3.8, 4) is 0 Å². The van der Waals surface area contributed by atoms with Crippen LogP contribution in [0.2, 0.25) is 0 Å². The summed E-state index contributed by atoms with van der Waals surface area (Å²) in [6.07, 6.45) is 0.706. The largest absolute Gasteiger partial charge is 0.364 e. The Morgan fingerprint density at radius 1 is 1.73 bits per heavy atom. The van der Waals surface area contributed by atoms with Crippen molar-refractivity contribution >= 4 is 17.2 Å². The topological polar surface area (TPSA) is 82.0 Å². The first-order chi connectivity index (χ1) is 5.24. The standard InChI is InChI=1S/C6H9N3OS/c7-2-1-5-9-4(3-11-5)6(8)10/h3H,1-2,7H2,(H2,8,10). The fourth-order valence-corrected chi connectivity index (χ4v) is 1.47. The molecule has 0 unspecified atom stereocenters. The number of carbonyl (C=O) groups is 1. The second kappa shape index (κ2) is 3.45. The number of thiazole rings is 1. The van der Waals surface area contributed by atoms with E-state index in [9.17, 15) is 4.79 Å². The van der Waals surface area contributed by atoms with Crippen molar-refractivity contribution in [1.82, 2.24) is 4.98 Å². The Morgan fingerprint density at radius 3 is 2.91 bits per heavy atom. The molecule has 0 spiro atoms. The molecule has 0 aromatic carbocycles. The van der Waals surface area contributed by atoms with Gasteiger partial charge in [-0.1, -0.05) is 0 Å². The molecule has 0 saturated heterocycles. The summed E-state index contributed by atoms with van der Waals surface area (Å²) >= 11 is 1.41. The van der Waals surface area contributed by atoms with Gasteiger partial charge in [0.1, 0.15) is 5.69 Å². The second-order valence-corrected chi connectivity index (χ2v) is 2.97. The Labute approximate surface area is 68.2 Å². The monoisotopic (exact) mass is 171 g/mol. The maximum absolute atomic E-state index is 10.6. The van der Waals surface area contributed by atoms with Gasteiger partial charge in [0, 0.05) is 11.8 Å². The molecule has 60 valence electrons. The van der Waals surface area contributed by atoms with Crippen molar-refractivity contribution in [2.24, 2.45) is 11.5 Å². The van der Waals surface area contributed by atoms with E-state index in [4.69, 9.17) is 11.5 Å². The minimum absolute atomic E-state index is 0.332. The Morgan fingerprint density at radius 2 is 2.45 bits per heavy atom. The summed E-state index contributed by atoms with van der Waals surface area (Å²) in [6.45, 7) is 0.547. The highest BCUT2D eigenvalue weighted by Gasteiger charge is 2.04. The van der Waals surface area contributed by atoms with Gasteiger partial charge >= 0.3 is 0 Å². The molecule has 0 bridgehead atoms. The van der Waals surface area contributed by atoms with E-state index in [0.717, 1.165) is 5.01 Å². The van der Waals surface area contributed by atoms with Crippen LogP contribution in [0.5, 0.6) is 0 Å². The van der Waals surface area contributed by atoms with Crippen LogP contribution in [0, 0.1) is 0 Å². The van der Waals surface area contributed by atoms with Crippen molar-refractivity contribution in [2.45, 2.75) is 6.42 Å². The zero-order valence-corrected chi connectivity index (χ0v) is 6.73. The number of rotatable bonds is 3. The van der Waals surface area contributed by atoms with Crippen molar-refractivity contribution < 1.29 is 4.79 Å². The Kier molecular flexibility index (Phi) is 2.56. The number of primary amides is 1. The lowest BCUT2D eigenvalue weighted by molar-refractivity contribution is 0.0996. The molecule has 0 fully saturated rings. The maximum atomic E-state index is 10.6. The minimum Gasteiger partial charge on any atom is -0.364 e. The van der Waals surface area contributed by atoms with E-state index in [1.54, 1.807) is 5.38 Å². The van der Waals surface area contributed by atoms with Gasteiger partial charge < -0.3 is 11.5 Å². The second-order valence-electron chi connectivity index (χ2n) is 2.03. The number of carbonyl (C=O) groups excluding carboxylic acids is 1. The molecular formula is C6H9N3OS. The number of amides is 1. The number of aromatic nitrogens is 1. The zero-order chi connectivity index (χ0) is 8.27. The fourth-order valence-electron chi connectivity index (χ4n) is 0.662. The molecule has 11 heavy (non-hydrogen) atoms. The lowest BCUT2D eigenvalue weighted by Crippen LogP contribution is -2.11. The summed E-state index contributed by atoms with van der Waals surface area (Å²) in [4.78, 5) is 14.5. The first-order valence-corrected chi connectivity index (χ1v) is 4.06. The highest BCUT2D eigenvalue weighted by atomic mass is 32.1. The Bertz CT molecular complexity index is 258. The SMILES string of the molecule is NCCc1nc(C(N)=O)cs1. The third-order valence-corrected chi connectivity index (χ3v) is 2.07. The van der Waals surface area contributed by atoms with Crippen LogP contribution in [0.3, 0.4) is 0 Å². The van der Waals surface area contributed by atoms with Crippen molar-refractivity contribution in [3.05, 3.63) is 16.1 Å². The smallest absolute Gasteiger partial charge is 0.268 e. The summed E-state index contributed by atoms with van der Waals surface area (Å²) in [5.74, 6) is -0.482. The number of nitrogens with two attached hydrogens (primary N) is 2. The number of hydrogen-bond acceptors (Lipinski definition) is 4. The highest BCUT2D eigenvalue weighted by Crippen LogP contribution is 2.08. The van der Waals surface area contributed by atoms with Crippen molar-refractivity contribution in [1.29, 1.82) is 0 Å². The van der Waals surface area contributed by atoms with E-state index in [2.05, 4.69) is 4.98 Å². The van der Waals surface area contributed by atoms with Gasteiger partial charge in [0.2, 0.25) is 0 Å². The van der Waals surface area contributed by atoms with Crippen LogP contribution < -0.4 is 11.5 Å². The normalized spacial score (nSPS) is 9.91. The third kappa shape index (κ3) is 1.99. The molecule has 0 aliphatic heterocycles. The minimum atomic E-state index is -0.482. The molecule has 1 aromatic rings.